The van der Waals surface area contributed by atoms with Gasteiger partial charge in [-0.2, -0.15) is 9.97 Å². The van der Waals surface area contributed by atoms with Crippen LogP contribution in [0.5, 0.6) is 6.01 Å². The Balaban J connectivity index is 1.90. The topological polar surface area (TPSA) is 64.1 Å². The number of rotatable bonds is 5. The van der Waals surface area contributed by atoms with E-state index in [1.165, 1.54) is 39.2 Å². The van der Waals surface area contributed by atoms with Crippen molar-refractivity contribution >= 4 is 11.6 Å². The molecule has 0 bridgehead atoms. The van der Waals surface area contributed by atoms with Gasteiger partial charge in [0.1, 0.15) is 0 Å². The summed E-state index contributed by atoms with van der Waals surface area (Å²) in [5, 5.41) is 2.95. The van der Waals surface area contributed by atoms with E-state index in [-0.39, 0.29) is 5.91 Å². The normalized spacial score (nSPS) is 15.8. The van der Waals surface area contributed by atoms with Crippen LogP contribution in [0, 0.1) is 19.8 Å². The van der Waals surface area contributed by atoms with E-state index in [4.69, 9.17) is 4.74 Å². The number of aryl methyl sites for hydroxylation is 2. The number of amides is 1. The molecule has 1 saturated carbocycles. The Kier molecular flexibility index (Phi) is 5.53. The minimum Gasteiger partial charge on any atom is -0.467 e. The minimum atomic E-state index is 0.0561. The van der Waals surface area contributed by atoms with Crippen molar-refractivity contribution < 1.29 is 9.53 Å². The molecule has 0 unspecified atom stereocenters. The van der Waals surface area contributed by atoms with Gasteiger partial charge in [0.15, 0.2) is 0 Å². The highest BCUT2D eigenvalue weighted by Crippen LogP contribution is 2.27. The zero-order chi connectivity index (χ0) is 15.2. The third kappa shape index (κ3) is 4.41. The van der Waals surface area contributed by atoms with Crippen LogP contribution in [0.25, 0.3) is 0 Å². The van der Waals surface area contributed by atoms with Gasteiger partial charge in [0.25, 0.3) is 0 Å². The van der Waals surface area contributed by atoms with Crippen LogP contribution in [-0.2, 0) is 4.79 Å². The van der Waals surface area contributed by atoms with Crippen LogP contribution < -0.4 is 10.1 Å². The molecule has 5 nitrogen and oxygen atoms in total. The Bertz CT molecular complexity index is 473. The second-order valence-corrected chi connectivity index (χ2v) is 5.85. The van der Waals surface area contributed by atoms with Gasteiger partial charge in [-0.1, -0.05) is 32.1 Å². The van der Waals surface area contributed by atoms with Crippen molar-refractivity contribution in [2.24, 2.45) is 5.92 Å². The number of hydrogen-bond donors (Lipinski definition) is 1. The van der Waals surface area contributed by atoms with Crippen LogP contribution in [0.3, 0.4) is 0 Å². The molecule has 2 rings (SSSR count). The van der Waals surface area contributed by atoms with E-state index in [0.29, 0.717) is 18.1 Å². The molecular weight excluding hydrogens is 266 g/mol. The predicted octanol–water partition coefficient (Wildman–Crippen LogP) is 3.40. The zero-order valence-electron chi connectivity index (χ0n) is 13.2. The van der Waals surface area contributed by atoms with Gasteiger partial charge in [0, 0.05) is 6.42 Å². The molecule has 1 aliphatic carbocycles. The molecule has 0 saturated heterocycles. The summed E-state index contributed by atoms with van der Waals surface area (Å²) in [4.78, 5) is 20.5. The summed E-state index contributed by atoms with van der Waals surface area (Å²) in [7, 11) is 1.54. The van der Waals surface area contributed by atoms with Gasteiger partial charge in [0.2, 0.25) is 5.91 Å². The van der Waals surface area contributed by atoms with Gasteiger partial charge in [-0.25, -0.2) is 0 Å². The first kappa shape index (κ1) is 15.7. The smallest absolute Gasteiger partial charge is 0.316 e. The number of methoxy groups -OCH3 is 1. The average molecular weight is 291 g/mol. The van der Waals surface area contributed by atoms with E-state index in [9.17, 15) is 4.79 Å². The van der Waals surface area contributed by atoms with E-state index >= 15 is 0 Å². The molecule has 0 atom stereocenters. The number of nitrogens with zero attached hydrogens (tertiary/aromatic N) is 2. The first-order chi connectivity index (χ1) is 10.1. The van der Waals surface area contributed by atoms with Crippen molar-refractivity contribution in [2.45, 2.75) is 58.8 Å². The molecule has 1 aliphatic rings. The fourth-order valence-corrected chi connectivity index (χ4v) is 2.97. The van der Waals surface area contributed by atoms with Gasteiger partial charge >= 0.3 is 6.01 Å². The van der Waals surface area contributed by atoms with Crippen molar-refractivity contribution in [1.29, 1.82) is 0 Å². The second kappa shape index (κ2) is 7.38. The molecule has 1 N–H and O–H groups in total. The zero-order valence-corrected chi connectivity index (χ0v) is 13.2. The maximum atomic E-state index is 12.1. The van der Waals surface area contributed by atoms with E-state index < -0.39 is 0 Å². The van der Waals surface area contributed by atoms with Crippen molar-refractivity contribution in [1.82, 2.24) is 9.97 Å². The molecular formula is C16H25N3O2. The van der Waals surface area contributed by atoms with E-state index in [1.54, 1.807) is 0 Å². The van der Waals surface area contributed by atoms with Crippen LogP contribution in [0.15, 0.2) is 0 Å². The highest BCUT2D eigenvalue weighted by Gasteiger charge is 2.16. The van der Waals surface area contributed by atoms with Gasteiger partial charge in [0.05, 0.1) is 24.2 Å². The Labute approximate surface area is 126 Å². The molecule has 1 heterocycles. The van der Waals surface area contributed by atoms with Crippen LogP contribution in [0.2, 0.25) is 0 Å². The molecule has 5 heteroatoms. The van der Waals surface area contributed by atoms with E-state index in [1.807, 2.05) is 13.8 Å². The van der Waals surface area contributed by atoms with Crippen molar-refractivity contribution in [2.75, 3.05) is 12.4 Å². The number of anilines is 1. The second-order valence-electron chi connectivity index (χ2n) is 5.85. The van der Waals surface area contributed by atoms with Crippen LogP contribution in [-0.4, -0.2) is 23.0 Å². The standard InChI is InChI=1S/C16H25N3O2/c1-11-15(12(2)18-16(17-11)21-3)19-14(20)10-9-13-7-5-4-6-8-13/h13H,4-10H2,1-3H3,(H,19,20). The monoisotopic (exact) mass is 291 g/mol. The van der Waals surface area contributed by atoms with E-state index in [2.05, 4.69) is 15.3 Å². The van der Waals surface area contributed by atoms with Gasteiger partial charge < -0.3 is 10.1 Å². The summed E-state index contributed by atoms with van der Waals surface area (Å²) < 4.78 is 5.03. The third-order valence-electron chi connectivity index (χ3n) is 4.20. The Morgan fingerprint density at radius 1 is 1.19 bits per heavy atom. The number of carbonyl (C=O) groups is 1. The first-order valence-corrected chi connectivity index (χ1v) is 7.79. The minimum absolute atomic E-state index is 0.0561. The van der Waals surface area contributed by atoms with Crippen molar-refractivity contribution in [3.63, 3.8) is 0 Å². The Morgan fingerprint density at radius 2 is 1.81 bits per heavy atom. The highest BCUT2D eigenvalue weighted by atomic mass is 16.5. The average Bonchev–Trinajstić information content (AvgIpc) is 2.49. The van der Waals surface area contributed by atoms with Gasteiger partial charge in [-0.15, -0.1) is 0 Å². The molecule has 0 spiro atoms. The quantitative estimate of drug-likeness (QED) is 0.903. The van der Waals surface area contributed by atoms with Crippen molar-refractivity contribution in [3.8, 4) is 6.01 Å². The lowest BCUT2D eigenvalue weighted by molar-refractivity contribution is -0.116. The molecule has 0 aliphatic heterocycles. The largest absolute Gasteiger partial charge is 0.467 e. The van der Waals surface area contributed by atoms with Gasteiger partial charge in [-0.05, 0) is 26.2 Å². The fourth-order valence-electron chi connectivity index (χ4n) is 2.97. The van der Waals surface area contributed by atoms with Gasteiger partial charge in [-0.3, -0.25) is 4.79 Å². The maximum absolute atomic E-state index is 12.1. The fraction of sp³-hybridized carbons (Fsp3) is 0.688. The predicted molar refractivity (Wildman–Crippen MR) is 82.5 cm³/mol. The molecule has 0 radical (unpaired) electrons. The number of hydrogen-bond acceptors (Lipinski definition) is 4. The van der Waals surface area contributed by atoms with E-state index in [0.717, 1.165) is 23.7 Å². The van der Waals surface area contributed by atoms with Crippen molar-refractivity contribution in [3.05, 3.63) is 11.4 Å². The molecule has 1 fully saturated rings. The number of nitrogens with one attached hydrogen (secondary N) is 1. The highest BCUT2D eigenvalue weighted by molar-refractivity contribution is 5.91. The molecule has 0 aromatic carbocycles. The number of ether oxygens (including phenoxy) is 1. The van der Waals surface area contributed by atoms with Crippen LogP contribution in [0.1, 0.15) is 56.3 Å². The summed E-state index contributed by atoms with van der Waals surface area (Å²) in [5.74, 6) is 0.777. The lowest BCUT2D eigenvalue weighted by Crippen LogP contribution is -2.17. The Hall–Kier alpha value is -1.65. The lowest BCUT2D eigenvalue weighted by Gasteiger charge is -2.21. The molecule has 21 heavy (non-hydrogen) atoms. The maximum Gasteiger partial charge on any atom is 0.316 e. The molecule has 1 aromatic rings. The summed E-state index contributed by atoms with van der Waals surface area (Å²) >= 11 is 0. The Morgan fingerprint density at radius 3 is 2.38 bits per heavy atom. The molecule has 1 amide bonds. The SMILES string of the molecule is COc1nc(C)c(NC(=O)CCC2CCCCC2)c(C)n1. The summed E-state index contributed by atoms with van der Waals surface area (Å²) in [5.41, 5.74) is 2.19. The number of aromatic nitrogens is 2. The summed E-state index contributed by atoms with van der Waals surface area (Å²) in [6.07, 6.45) is 8.10. The van der Waals surface area contributed by atoms with Crippen LogP contribution >= 0.6 is 0 Å². The van der Waals surface area contributed by atoms with Crippen LogP contribution in [0.4, 0.5) is 5.69 Å². The first-order valence-electron chi connectivity index (χ1n) is 7.79. The molecule has 1 aromatic heterocycles. The molecule has 116 valence electrons. The summed E-state index contributed by atoms with van der Waals surface area (Å²) in [6, 6.07) is 0.338. The number of carbonyl (C=O) groups excluding carboxylic acids is 1. The lowest BCUT2D eigenvalue weighted by atomic mass is 9.86. The third-order valence-corrected chi connectivity index (χ3v) is 4.20. The summed E-state index contributed by atoms with van der Waals surface area (Å²) in [6.45, 7) is 3.71.